The van der Waals surface area contributed by atoms with Gasteiger partial charge in [-0.2, -0.15) is 13.2 Å². The third kappa shape index (κ3) is 5.21. The molecule has 0 aliphatic rings. The van der Waals surface area contributed by atoms with Crippen molar-refractivity contribution in [1.29, 1.82) is 0 Å². The summed E-state index contributed by atoms with van der Waals surface area (Å²) in [5.41, 5.74) is -0.551. The normalized spacial score (nSPS) is 12.8. The summed E-state index contributed by atoms with van der Waals surface area (Å²) >= 11 is 0. The topological polar surface area (TPSA) is 51.1 Å². The molecule has 0 aliphatic carbocycles. The first-order valence-electron chi connectivity index (χ1n) is 8.28. The lowest BCUT2D eigenvalue weighted by molar-refractivity contribution is -0.138. The number of benzene rings is 1. The third-order valence-corrected chi connectivity index (χ3v) is 4.18. The first-order valence-corrected chi connectivity index (χ1v) is 8.28. The Morgan fingerprint density at radius 1 is 1.12 bits per heavy atom. The molecular weight excluding hydrogens is 345 g/mol. The van der Waals surface area contributed by atoms with Crippen molar-refractivity contribution in [2.75, 3.05) is 6.54 Å². The number of hydrogen-bond donors (Lipinski definition) is 1. The Morgan fingerprint density at radius 2 is 1.77 bits per heavy atom. The minimum absolute atomic E-state index is 0.0679. The van der Waals surface area contributed by atoms with Crippen LogP contribution < -0.4 is 10.9 Å². The quantitative estimate of drug-likeness (QED) is 0.852. The minimum atomic E-state index is -4.57. The highest BCUT2D eigenvalue weighted by Gasteiger charge is 2.31. The van der Waals surface area contributed by atoms with Crippen LogP contribution in [-0.2, 0) is 17.5 Å². The fraction of sp³-hybridized carbons (Fsp3) is 0.368. The zero-order valence-corrected chi connectivity index (χ0v) is 14.6. The second kappa shape index (κ2) is 8.21. The molecule has 2 aromatic rings. The predicted molar refractivity (Wildman–Crippen MR) is 92.7 cm³/mol. The van der Waals surface area contributed by atoms with Crippen molar-refractivity contribution in [1.82, 2.24) is 9.88 Å². The Hall–Kier alpha value is -2.57. The molecule has 0 radical (unpaired) electrons. The van der Waals surface area contributed by atoms with E-state index in [9.17, 15) is 22.8 Å². The molecule has 0 bridgehead atoms. The van der Waals surface area contributed by atoms with Gasteiger partial charge in [0.1, 0.15) is 6.54 Å². The van der Waals surface area contributed by atoms with E-state index < -0.39 is 29.8 Å². The zero-order valence-electron chi connectivity index (χ0n) is 14.6. The van der Waals surface area contributed by atoms with Gasteiger partial charge in [-0.1, -0.05) is 44.2 Å². The van der Waals surface area contributed by atoms with Gasteiger partial charge in [0.25, 0.3) is 5.56 Å². The molecule has 1 N–H and O–H groups in total. The van der Waals surface area contributed by atoms with Gasteiger partial charge in [-0.05, 0) is 17.5 Å². The largest absolute Gasteiger partial charge is 0.417 e. The van der Waals surface area contributed by atoms with E-state index in [1.54, 1.807) is 0 Å². The molecule has 1 aromatic heterocycles. The smallest absolute Gasteiger partial charge is 0.354 e. The van der Waals surface area contributed by atoms with E-state index in [4.69, 9.17) is 0 Å². The van der Waals surface area contributed by atoms with Crippen LogP contribution >= 0.6 is 0 Å². The van der Waals surface area contributed by atoms with Crippen molar-refractivity contribution in [3.63, 3.8) is 0 Å². The highest BCUT2D eigenvalue weighted by molar-refractivity contribution is 5.75. The number of pyridine rings is 1. The van der Waals surface area contributed by atoms with Crippen molar-refractivity contribution in [3.05, 3.63) is 70.1 Å². The first-order chi connectivity index (χ1) is 12.2. The van der Waals surface area contributed by atoms with Crippen molar-refractivity contribution in [2.24, 2.45) is 5.92 Å². The monoisotopic (exact) mass is 366 g/mol. The zero-order chi connectivity index (χ0) is 19.3. The molecule has 0 saturated heterocycles. The van der Waals surface area contributed by atoms with Gasteiger partial charge in [0.2, 0.25) is 5.91 Å². The molecule has 0 saturated carbocycles. The van der Waals surface area contributed by atoms with Gasteiger partial charge in [0.15, 0.2) is 0 Å². The molecule has 2 rings (SSSR count). The summed E-state index contributed by atoms with van der Waals surface area (Å²) in [6, 6.07) is 11.2. The van der Waals surface area contributed by atoms with Crippen LogP contribution in [0.5, 0.6) is 0 Å². The van der Waals surface area contributed by atoms with E-state index in [2.05, 4.69) is 5.32 Å². The molecule has 0 aliphatic heterocycles. The standard InChI is InChI=1S/C19H21F3N2O2/c1-13(2)16(14-6-4-3-5-7-14)10-23-17(25)12-24-11-15(19(20,21)22)8-9-18(24)26/h3-9,11,13,16H,10,12H2,1-2H3,(H,23,25). The number of amides is 1. The summed E-state index contributed by atoms with van der Waals surface area (Å²) < 4.78 is 39.0. The van der Waals surface area contributed by atoms with Crippen LogP contribution in [0.1, 0.15) is 30.9 Å². The fourth-order valence-electron chi connectivity index (χ4n) is 2.70. The molecule has 1 atom stereocenters. The molecule has 0 spiro atoms. The van der Waals surface area contributed by atoms with Crippen molar-refractivity contribution in [2.45, 2.75) is 32.5 Å². The number of hydrogen-bond acceptors (Lipinski definition) is 2. The van der Waals surface area contributed by atoms with Gasteiger partial charge in [0.05, 0.1) is 5.56 Å². The second-order valence-electron chi connectivity index (χ2n) is 6.45. The number of nitrogens with one attached hydrogen (secondary N) is 1. The van der Waals surface area contributed by atoms with Crippen LogP contribution in [0.15, 0.2) is 53.5 Å². The molecule has 1 amide bonds. The lowest BCUT2D eigenvalue weighted by Crippen LogP contribution is -2.35. The average Bonchev–Trinajstić information content (AvgIpc) is 2.56. The van der Waals surface area contributed by atoms with Gasteiger partial charge >= 0.3 is 6.18 Å². The number of nitrogens with zero attached hydrogens (tertiary/aromatic N) is 1. The first kappa shape index (κ1) is 19.8. The predicted octanol–water partition coefficient (Wildman–Crippen LogP) is 3.42. The number of carbonyl (C=O) groups excluding carboxylic acids is 1. The van der Waals surface area contributed by atoms with E-state index in [-0.39, 0.29) is 11.8 Å². The molecule has 4 nitrogen and oxygen atoms in total. The Labute approximate surface area is 149 Å². The summed E-state index contributed by atoms with van der Waals surface area (Å²) in [6.45, 7) is 3.94. The van der Waals surface area contributed by atoms with E-state index >= 15 is 0 Å². The summed E-state index contributed by atoms with van der Waals surface area (Å²) in [7, 11) is 0. The molecule has 140 valence electrons. The molecule has 26 heavy (non-hydrogen) atoms. The second-order valence-corrected chi connectivity index (χ2v) is 6.45. The third-order valence-electron chi connectivity index (χ3n) is 4.18. The lowest BCUT2D eigenvalue weighted by Gasteiger charge is -2.22. The van der Waals surface area contributed by atoms with E-state index in [1.165, 1.54) is 0 Å². The molecule has 1 unspecified atom stereocenters. The molecule has 1 aromatic carbocycles. The maximum absolute atomic E-state index is 12.8. The summed E-state index contributed by atoms with van der Waals surface area (Å²) in [4.78, 5) is 23.8. The summed E-state index contributed by atoms with van der Waals surface area (Å²) in [5, 5.41) is 2.72. The Balaban J connectivity index is 2.06. The van der Waals surface area contributed by atoms with Crippen molar-refractivity contribution >= 4 is 5.91 Å². The number of carbonyl (C=O) groups is 1. The van der Waals surface area contributed by atoms with E-state index in [1.807, 2.05) is 44.2 Å². The van der Waals surface area contributed by atoms with Crippen LogP contribution in [0.2, 0.25) is 0 Å². The number of halogens is 3. The molecule has 7 heteroatoms. The van der Waals surface area contributed by atoms with Gasteiger partial charge in [-0.3, -0.25) is 9.59 Å². The van der Waals surface area contributed by atoms with Gasteiger partial charge < -0.3 is 9.88 Å². The van der Waals surface area contributed by atoms with Crippen LogP contribution in [0.4, 0.5) is 13.2 Å². The van der Waals surface area contributed by atoms with Crippen molar-refractivity contribution in [3.8, 4) is 0 Å². The summed E-state index contributed by atoms with van der Waals surface area (Å²) in [6.07, 6.45) is -3.90. The van der Waals surface area contributed by atoms with Crippen LogP contribution in [0.3, 0.4) is 0 Å². The Morgan fingerprint density at radius 3 is 2.35 bits per heavy atom. The molecule has 1 heterocycles. The molecular formula is C19H21F3N2O2. The molecule has 0 fully saturated rings. The SMILES string of the molecule is CC(C)C(CNC(=O)Cn1cc(C(F)(F)F)ccc1=O)c1ccccc1. The highest BCUT2D eigenvalue weighted by Crippen LogP contribution is 2.28. The lowest BCUT2D eigenvalue weighted by atomic mass is 9.88. The van der Waals surface area contributed by atoms with Crippen LogP contribution in [0, 0.1) is 5.92 Å². The van der Waals surface area contributed by atoms with Gasteiger partial charge in [-0.25, -0.2) is 0 Å². The van der Waals surface area contributed by atoms with Crippen LogP contribution in [-0.4, -0.2) is 17.0 Å². The Bertz CT molecular complexity index is 798. The summed E-state index contributed by atoms with van der Waals surface area (Å²) in [5.74, 6) is -0.180. The van der Waals surface area contributed by atoms with E-state index in [0.717, 1.165) is 16.2 Å². The Kier molecular flexibility index (Phi) is 6.23. The van der Waals surface area contributed by atoms with Gasteiger partial charge in [-0.15, -0.1) is 0 Å². The van der Waals surface area contributed by atoms with Crippen LogP contribution in [0.25, 0.3) is 0 Å². The van der Waals surface area contributed by atoms with Crippen molar-refractivity contribution < 1.29 is 18.0 Å². The number of aromatic nitrogens is 1. The van der Waals surface area contributed by atoms with E-state index in [0.29, 0.717) is 18.8 Å². The highest BCUT2D eigenvalue weighted by atomic mass is 19.4. The van der Waals surface area contributed by atoms with Gasteiger partial charge in [0, 0.05) is 24.7 Å². The number of rotatable bonds is 6. The maximum atomic E-state index is 12.8. The number of alkyl halides is 3. The fourth-order valence-corrected chi connectivity index (χ4v) is 2.70. The maximum Gasteiger partial charge on any atom is 0.417 e. The minimum Gasteiger partial charge on any atom is -0.354 e. The average molecular weight is 366 g/mol.